The van der Waals surface area contributed by atoms with Gasteiger partial charge in [0.15, 0.2) is 0 Å². The molecule has 0 aromatic heterocycles. The van der Waals surface area contributed by atoms with Crippen molar-refractivity contribution in [3.05, 3.63) is 71.8 Å². The average molecular weight is 554 g/mol. The number of esters is 1. The fourth-order valence-electron chi connectivity index (χ4n) is 4.72. The third-order valence-electron chi connectivity index (χ3n) is 6.97. The molecule has 0 spiro atoms. The second-order valence-corrected chi connectivity index (χ2v) is 11.3. The monoisotopic (exact) mass is 553 g/mol. The lowest BCUT2D eigenvalue weighted by Crippen LogP contribution is -2.54. The lowest BCUT2D eigenvalue weighted by molar-refractivity contribution is -0.163. The average Bonchev–Trinajstić information content (AvgIpc) is 3.34. The lowest BCUT2D eigenvalue weighted by Gasteiger charge is -2.30. The number of nitrogens with one attached hydrogen (secondary N) is 2. The molecule has 0 saturated carbocycles. The van der Waals surface area contributed by atoms with E-state index in [0.717, 1.165) is 11.1 Å². The second kappa shape index (κ2) is 14.3. The number of hydrogen-bond acceptors (Lipinski definition) is 7. The molecule has 40 heavy (non-hydrogen) atoms. The largest absolute Gasteiger partial charge is 0.467 e. The number of alkyl carbamates (subject to hydrolysis) is 1. The standard InChI is InChI=1S/C31H43N3O6/c1-7-21(2)26(29(36)38-6)33-28(35)24-20-34(19-23-16-12-9-13-17-23)40-27(24)25(18-22-14-10-8-11-15-22)32-30(37)39-31(3,4)5/h8-17,21,24-27H,7,18-20H2,1-6H3,(H,32,37)(H,33,35)/t21-,24?,25-,26-,27?/m0/s1. The number of carbonyl (C=O) groups excluding carboxylic acids is 3. The molecule has 0 aliphatic carbocycles. The summed E-state index contributed by atoms with van der Waals surface area (Å²) in [6.45, 7) is 9.98. The summed E-state index contributed by atoms with van der Waals surface area (Å²) in [5.41, 5.74) is 1.30. The van der Waals surface area contributed by atoms with Crippen molar-refractivity contribution in [2.75, 3.05) is 13.7 Å². The molecule has 2 aromatic carbocycles. The number of benzene rings is 2. The first kappa shape index (κ1) is 31.1. The summed E-state index contributed by atoms with van der Waals surface area (Å²) < 4.78 is 10.5. The third-order valence-corrected chi connectivity index (χ3v) is 6.97. The molecule has 1 aliphatic rings. The molecule has 9 nitrogen and oxygen atoms in total. The Labute approximate surface area is 237 Å². The minimum atomic E-state index is -0.794. The highest BCUT2D eigenvalue weighted by atomic mass is 16.7. The summed E-state index contributed by atoms with van der Waals surface area (Å²) in [4.78, 5) is 45.7. The maximum Gasteiger partial charge on any atom is 0.407 e. The Morgan fingerprint density at radius 3 is 2.15 bits per heavy atom. The normalized spacial score (nSPS) is 19.8. The highest BCUT2D eigenvalue weighted by molar-refractivity contribution is 5.86. The van der Waals surface area contributed by atoms with Gasteiger partial charge in [0.05, 0.1) is 19.1 Å². The number of amides is 2. The summed E-state index contributed by atoms with van der Waals surface area (Å²) in [7, 11) is 1.31. The molecule has 2 unspecified atom stereocenters. The third kappa shape index (κ3) is 9.06. The van der Waals surface area contributed by atoms with E-state index in [-0.39, 0.29) is 18.4 Å². The van der Waals surface area contributed by atoms with Crippen LogP contribution in [-0.4, -0.2) is 60.5 Å². The molecule has 2 N–H and O–H groups in total. The molecule has 1 saturated heterocycles. The maximum atomic E-state index is 13.8. The first-order valence-corrected chi connectivity index (χ1v) is 13.9. The van der Waals surface area contributed by atoms with Crippen molar-refractivity contribution in [3.63, 3.8) is 0 Å². The zero-order chi connectivity index (χ0) is 29.3. The van der Waals surface area contributed by atoms with Crippen LogP contribution in [0.15, 0.2) is 60.7 Å². The Balaban J connectivity index is 1.92. The lowest BCUT2D eigenvalue weighted by atomic mass is 9.90. The van der Waals surface area contributed by atoms with Gasteiger partial charge in [-0.1, -0.05) is 80.9 Å². The Bertz CT molecular complexity index is 1110. The van der Waals surface area contributed by atoms with Crippen LogP contribution in [0.3, 0.4) is 0 Å². The Morgan fingerprint density at radius 1 is 1.00 bits per heavy atom. The molecule has 1 fully saturated rings. The van der Waals surface area contributed by atoms with Gasteiger partial charge in [0.25, 0.3) is 0 Å². The van der Waals surface area contributed by atoms with Gasteiger partial charge in [0, 0.05) is 13.1 Å². The Hall–Kier alpha value is -3.43. The summed E-state index contributed by atoms with van der Waals surface area (Å²) in [6, 6.07) is 18.1. The Kier molecular flexibility index (Phi) is 11.1. The van der Waals surface area contributed by atoms with E-state index in [0.29, 0.717) is 19.4 Å². The van der Waals surface area contributed by atoms with E-state index in [1.807, 2.05) is 74.5 Å². The number of methoxy groups -OCH3 is 1. The van der Waals surface area contributed by atoms with E-state index in [4.69, 9.17) is 14.3 Å². The molecule has 5 atom stereocenters. The second-order valence-electron chi connectivity index (χ2n) is 11.3. The smallest absolute Gasteiger partial charge is 0.407 e. The predicted molar refractivity (Wildman–Crippen MR) is 152 cm³/mol. The fourth-order valence-corrected chi connectivity index (χ4v) is 4.72. The molecule has 2 aromatic rings. The number of rotatable bonds is 11. The van der Waals surface area contributed by atoms with Crippen LogP contribution in [0.4, 0.5) is 4.79 Å². The summed E-state index contributed by atoms with van der Waals surface area (Å²) in [6.07, 6.45) is -0.211. The molecular formula is C31H43N3O6. The van der Waals surface area contributed by atoms with Crippen molar-refractivity contribution in [1.82, 2.24) is 15.7 Å². The molecule has 9 heteroatoms. The summed E-state index contributed by atoms with van der Waals surface area (Å²) in [5, 5.41) is 7.64. The molecule has 218 valence electrons. The molecule has 3 rings (SSSR count). The van der Waals surface area contributed by atoms with Crippen LogP contribution in [0.1, 0.15) is 52.2 Å². The van der Waals surface area contributed by atoms with Crippen LogP contribution in [0.2, 0.25) is 0 Å². The van der Waals surface area contributed by atoms with Crippen LogP contribution in [0.25, 0.3) is 0 Å². The fraction of sp³-hybridized carbons (Fsp3) is 0.516. The number of carbonyl (C=O) groups is 3. The summed E-state index contributed by atoms with van der Waals surface area (Å²) >= 11 is 0. The molecule has 2 amide bonds. The van der Waals surface area contributed by atoms with Gasteiger partial charge in [0.2, 0.25) is 5.91 Å². The number of ether oxygens (including phenoxy) is 2. The van der Waals surface area contributed by atoms with Gasteiger partial charge in [0.1, 0.15) is 17.7 Å². The van der Waals surface area contributed by atoms with E-state index >= 15 is 0 Å². The number of hydroxylamine groups is 2. The van der Waals surface area contributed by atoms with Gasteiger partial charge in [-0.25, -0.2) is 9.59 Å². The van der Waals surface area contributed by atoms with Gasteiger partial charge in [-0.2, -0.15) is 5.06 Å². The van der Waals surface area contributed by atoms with E-state index in [1.54, 1.807) is 25.8 Å². The first-order chi connectivity index (χ1) is 19.0. The van der Waals surface area contributed by atoms with Gasteiger partial charge in [-0.3, -0.25) is 9.63 Å². The van der Waals surface area contributed by atoms with Crippen LogP contribution < -0.4 is 10.6 Å². The minimum absolute atomic E-state index is 0.127. The predicted octanol–water partition coefficient (Wildman–Crippen LogP) is 4.26. The van der Waals surface area contributed by atoms with Crippen molar-refractivity contribution >= 4 is 18.0 Å². The van der Waals surface area contributed by atoms with Crippen LogP contribution in [-0.2, 0) is 36.9 Å². The van der Waals surface area contributed by atoms with Crippen LogP contribution in [0, 0.1) is 11.8 Å². The van der Waals surface area contributed by atoms with Gasteiger partial charge in [-0.05, 0) is 44.2 Å². The molecule has 1 aliphatic heterocycles. The van der Waals surface area contributed by atoms with E-state index in [9.17, 15) is 14.4 Å². The van der Waals surface area contributed by atoms with Gasteiger partial charge >= 0.3 is 12.1 Å². The van der Waals surface area contributed by atoms with E-state index in [1.165, 1.54) is 7.11 Å². The van der Waals surface area contributed by atoms with Crippen LogP contribution >= 0.6 is 0 Å². The quantitative estimate of drug-likeness (QED) is 0.401. The van der Waals surface area contributed by atoms with E-state index in [2.05, 4.69) is 10.6 Å². The van der Waals surface area contributed by atoms with Crippen molar-refractivity contribution in [2.24, 2.45) is 11.8 Å². The molecule has 0 radical (unpaired) electrons. The highest BCUT2D eigenvalue weighted by Crippen LogP contribution is 2.28. The molecule has 0 bridgehead atoms. The zero-order valence-corrected chi connectivity index (χ0v) is 24.4. The van der Waals surface area contributed by atoms with Crippen LogP contribution in [0.5, 0.6) is 0 Å². The van der Waals surface area contributed by atoms with E-state index < -0.39 is 41.8 Å². The van der Waals surface area contributed by atoms with Crippen molar-refractivity contribution in [3.8, 4) is 0 Å². The highest BCUT2D eigenvalue weighted by Gasteiger charge is 2.45. The maximum absolute atomic E-state index is 13.8. The van der Waals surface area contributed by atoms with Gasteiger partial charge in [-0.15, -0.1) is 0 Å². The van der Waals surface area contributed by atoms with Crippen molar-refractivity contribution in [2.45, 2.75) is 77.8 Å². The molecule has 1 heterocycles. The first-order valence-electron chi connectivity index (χ1n) is 13.9. The summed E-state index contributed by atoms with van der Waals surface area (Å²) in [5.74, 6) is -1.63. The topological polar surface area (TPSA) is 106 Å². The van der Waals surface area contributed by atoms with Crippen molar-refractivity contribution < 1.29 is 28.7 Å². The Morgan fingerprint density at radius 2 is 1.60 bits per heavy atom. The number of nitrogens with zero attached hydrogens (tertiary/aromatic N) is 1. The van der Waals surface area contributed by atoms with Crippen molar-refractivity contribution in [1.29, 1.82) is 0 Å². The molecular weight excluding hydrogens is 510 g/mol. The van der Waals surface area contributed by atoms with Gasteiger partial charge < -0.3 is 20.1 Å². The minimum Gasteiger partial charge on any atom is -0.467 e. The zero-order valence-electron chi connectivity index (χ0n) is 24.4. The SMILES string of the molecule is CC[C@H](C)[C@H](NC(=O)C1CN(Cc2ccccc2)OC1[C@H](Cc1ccccc1)NC(=O)OC(C)(C)C)C(=O)OC. The number of hydrogen-bond donors (Lipinski definition) is 2.